The number of nitrogens with zero attached hydrogens (tertiary/aromatic N) is 1. The largest absolute Gasteiger partial charge is 0.508 e. The number of nitrogens with two attached hydrogens (primary N) is 1. The fraction of sp³-hybridized carbons (Fsp3) is 0.600. The van der Waals surface area contributed by atoms with E-state index in [0.29, 0.717) is 6.42 Å². The number of likely N-dealkylation sites (N-methyl/N-ethyl adjacent to an activating group) is 1. The van der Waals surface area contributed by atoms with Crippen molar-refractivity contribution in [2.75, 3.05) is 13.6 Å². The van der Waals surface area contributed by atoms with E-state index in [1.807, 2.05) is 13.0 Å². The molecule has 134 valence electrons. The van der Waals surface area contributed by atoms with Crippen molar-refractivity contribution < 1.29 is 10.2 Å². The molecule has 1 aliphatic heterocycles. The van der Waals surface area contributed by atoms with Gasteiger partial charge in [0.25, 0.3) is 0 Å². The predicted molar refractivity (Wildman–Crippen MR) is 99.7 cm³/mol. The van der Waals surface area contributed by atoms with Gasteiger partial charge in [0.15, 0.2) is 0 Å². The molecule has 1 saturated heterocycles. The first kappa shape index (κ1) is 19.0. The smallest absolute Gasteiger partial charge is 0.111 e. The molecular formula is C20H32N2O2. The first-order chi connectivity index (χ1) is 11.2. The minimum atomic E-state index is -0.570. The van der Waals surface area contributed by atoms with Gasteiger partial charge < -0.3 is 20.8 Å². The molecule has 0 saturated carbocycles. The average molecular weight is 332 g/mol. The number of hydrogen-bond donors (Lipinski definition) is 3. The fourth-order valence-corrected chi connectivity index (χ4v) is 4.59. The number of allylic oxidation sites excluding steroid dienone is 3. The summed E-state index contributed by atoms with van der Waals surface area (Å²) in [6.45, 7) is 10.8. The molecule has 1 fully saturated rings. The van der Waals surface area contributed by atoms with Crippen molar-refractivity contribution in [2.24, 2.45) is 11.1 Å². The third-order valence-electron chi connectivity index (χ3n) is 6.34. The van der Waals surface area contributed by atoms with Crippen molar-refractivity contribution in [3.63, 3.8) is 0 Å². The Morgan fingerprint density at radius 2 is 2.21 bits per heavy atom. The first-order valence-electron chi connectivity index (χ1n) is 8.73. The van der Waals surface area contributed by atoms with Gasteiger partial charge in [-0.3, -0.25) is 0 Å². The Labute approximate surface area is 146 Å². The molecule has 4 atom stereocenters. The summed E-state index contributed by atoms with van der Waals surface area (Å²) in [7, 11) is 2.12. The summed E-state index contributed by atoms with van der Waals surface area (Å²) in [6, 6.07) is 0.208. The maximum atomic E-state index is 10.3. The van der Waals surface area contributed by atoms with E-state index >= 15 is 0 Å². The summed E-state index contributed by atoms with van der Waals surface area (Å²) < 4.78 is 0. The van der Waals surface area contributed by atoms with Crippen LogP contribution in [0.3, 0.4) is 0 Å². The normalized spacial score (nSPS) is 36.2. The SMILES string of the molecule is C=CC(O)CC12CCN(C)C(CC(/C=C\C(O)=CC)=C1C)C2(C)N. The lowest BCUT2D eigenvalue weighted by Gasteiger charge is -2.61. The van der Waals surface area contributed by atoms with E-state index in [0.717, 1.165) is 19.4 Å². The van der Waals surface area contributed by atoms with Gasteiger partial charge in [-0.15, -0.1) is 6.58 Å². The Hall–Kier alpha value is -1.36. The van der Waals surface area contributed by atoms with Crippen molar-refractivity contribution in [3.05, 3.63) is 47.8 Å². The van der Waals surface area contributed by atoms with Crippen LogP contribution in [0.2, 0.25) is 0 Å². The van der Waals surface area contributed by atoms with Gasteiger partial charge in [-0.05, 0) is 71.4 Å². The Kier molecular flexibility index (Phi) is 5.43. The Morgan fingerprint density at radius 3 is 2.79 bits per heavy atom. The molecule has 0 aromatic heterocycles. The quantitative estimate of drug-likeness (QED) is 0.411. The van der Waals surface area contributed by atoms with Gasteiger partial charge in [-0.2, -0.15) is 0 Å². The van der Waals surface area contributed by atoms with Gasteiger partial charge >= 0.3 is 0 Å². The first-order valence-corrected chi connectivity index (χ1v) is 8.73. The number of aliphatic hydroxyl groups is 2. The van der Waals surface area contributed by atoms with Crippen LogP contribution in [0.4, 0.5) is 0 Å². The van der Waals surface area contributed by atoms with Crippen LogP contribution in [-0.4, -0.2) is 46.4 Å². The van der Waals surface area contributed by atoms with Crippen molar-refractivity contribution in [3.8, 4) is 0 Å². The van der Waals surface area contributed by atoms with Crippen LogP contribution in [0.25, 0.3) is 0 Å². The predicted octanol–water partition coefficient (Wildman–Crippen LogP) is 3.07. The van der Waals surface area contributed by atoms with Crippen LogP contribution in [0.15, 0.2) is 47.8 Å². The van der Waals surface area contributed by atoms with Gasteiger partial charge in [0.2, 0.25) is 0 Å². The zero-order valence-corrected chi connectivity index (χ0v) is 15.4. The van der Waals surface area contributed by atoms with E-state index in [9.17, 15) is 10.2 Å². The molecule has 1 aliphatic carbocycles. The molecule has 0 spiro atoms. The molecule has 2 rings (SSSR count). The molecule has 2 bridgehead atoms. The lowest BCUT2D eigenvalue weighted by Crippen LogP contribution is -2.71. The van der Waals surface area contributed by atoms with Crippen LogP contribution in [-0.2, 0) is 0 Å². The molecule has 4 N–H and O–H groups in total. The molecule has 1 heterocycles. The van der Waals surface area contributed by atoms with Crippen molar-refractivity contribution in [1.29, 1.82) is 0 Å². The third kappa shape index (κ3) is 2.99. The van der Waals surface area contributed by atoms with Crippen molar-refractivity contribution in [2.45, 2.75) is 57.7 Å². The van der Waals surface area contributed by atoms with Crippen molar-refractivity contribution >= 4 is 0 Å². The van der Waals surface area contributed by atoms with Crippen LogP contribution in [0, 0.1) is 5.41 Å². The van der Waals surface area contributed by atoms with E-state index in [1.165, 1.54) is 11.1 Å². The lowest BCUT2D eigenvalue weighted by atomic mass is 9.52. The standard InChI is InChI=1S/C20H32N2O2/c1-6-16(23)9-8-15-12-18-19(4,21)20(14(15)3,10-11-22(18)5)13-17(24)7-2/h6-9,17-18,23-24H,2,10-13,21H2,1,3-5H3/b9-8-,16-6?. The van der Waals surface area contributed by atoms with E-state index in [2.05, 4.69) is 32.4 Å². The number of fused-ring (bicyclic) bond motifs is 2. The number of likely N-dealkylation sites (tertiary alicyclic amines) is 1. The maximum Gasteiger partial charge on any atom is 0.111 e. The van der Waals surface area contributed by atoms with E-state index in [1.54, 1.807) is 18.2 Å². The summed E-state index contributed by atoms with van der Waals surface area (Å²) in [6.07, 6.45) is 8.80. The molecule has 0 aromatic carbocycles. The molecule has 4 heteroatoms. The topological polar surface area (TPSA) is 69.7 Å². The highest BCUT2D eigenvalue weighted by molar-refractivity contribution is 5.41. The zero-order valence-electron chi connectivity index (χ0n) is 15.4. The van der Waals surface area contributed by atoms with Gasteiger partial charge in [-0.1, -0.05) is 17.7 Å². The van der Waals surface area contributed by atoms with E-state index < -0.39 is 11.6 Å². The molecule has 0 radical (unpaired) electrons. The third-order valence-corrected chi connectivity index (χ3v) is 6.34. The molecule has 2 aliphatic rings. The molecule has 24 heavy (non-hydrogen) atoms. The van der Waals surface area contributed by atoms with Crippen LogP contribution < -0.4 is 5.73 Å². The maximum absolute atomic E-state index is 10.3. The highest BCUT2D eigenvalue weighted by Crippen LogP contribution is 2.55. The second kappa shape index (κ2) is 6.87. The van der Waals surface area contributed by atoms with Gasteiger partial charge in [0, 0.05) is 17.0 Å². The van der Waals surface area contributed by atoms with E-state index in [-0.39, 0.29) is 17.2 Å². The zero-order chi connectivity index (χ0) is 18.1. The summed E-state index contributed by atoms with van der Waals surface area (Å²) in [5.74, 6) is 0.259. The van der Waals surface area contributed by atoms with Gasteiger partial charge in [0.05, 0.1) is 6.10 Å². The Balaban J connectivity index is 2.55. The van der Waals surface area contributed by atoms with Crippen molar-refractivity contribution in [1.82, 2.24) is 4.90 Å². The average Bonchev–Trinajstić information content (AvgIpc) is 2.54. The molecular weight excluding hydrogens is 300 g/mol. The van der Waals surface area contributed by atoms with Gasteiger partial charge in [-0.25, -0.2) is 0 Å². The van der Waals surface area contributed by atoms with Crippen LogP contribution in [0.1, 0.15) is 40.0 Å². The minimum Gasteiger partial charge on any atom is -0.508 e. The Morgan fingerprint density at radius 1 is 1.54 bits per heavy atom. The number of aliphatic hydroxyl groups excluding tert-OH is 2. The number of rotatable bonds is 5. The highest BCUT2D eigenvalue weighted by atomic mass is 16.3. The van der Waals surface area contributed by atoms with Gasteiger partial charge in [0.1, 0.15) is 5.76 Å². The molecule has 0 aromatic rings. The monoisotopic (exact) mass is 332 g/mol. The molecule has 4 nitrogen and oxygen atoms in total. The molecule has 4 unspecified atom stereocenters. The Bertz CT molecular complexity index is 588. The second-order valence-electron chi connectivity index (χ2n) is 7.52. The van der Waals surface area contributed by atoms with Crippen LogP contribution in [0.5, 0.6) is 0 Å². The number of hydrogen-bond acceptors (Lipinski definition) is 4. The lowest BCUT2D eigenvalue weighted by molar-refractivity contribution is -0.0302. The number of piperidine rings is 1. The highest BCUT2D eigenvalue weighted by Gasteiger charge is 2.58. The summed E-state index contributed by atoms with van der Waals surface area (Å²) >= 11 is 0. The second-order valence-corrected chi connectivity index (χ2v) is 7.52. The minimum absolute atomic E-state index is 0.208. The summed E-state index contributed by atoms with van der Waals surface area (Å²) in [4.78, 5) is 2.33. The summed E-state index contributed by atoms with van der Waals surface area (Å²) in [5, 5.41) is 20.0. The van der Waals surface area contributed by atoms with E-state index in [4.69, 9.17) is 5.73 Å². The molecule has 0 amide bonds. The summed E-state index contributed by atoms with van der Waals surface area (Å²) in [5.41, 5.74) is 8.64. The van der Waals surface area contributed by atoms with Crippen LogP contribution >= 0.6 is 0 Å². The fourth-order valence-electron chi connectivity index (χ4n) is 4.59.